The second kappa shape index (κ2) is 28.1. The van der Waals surface area contributed by atoms with Crippen LogP contribution >= 0.6 is 0 Å². The molecule has 10 rings (SSSR count). The molecule has 1 heterocycles. The topological polar surface area (TPSA) is 3.24 Å². The Morgan fingerprint density at radius 3 is 1.37 bits per heavy atom. The average Bonchev–Trinajstić information content (AvgIpc) is 3.63. The van der Waals surface area contributed by atoms with Gasteiger partial charge in [-0.1, -0.05) is 217 Å². The number of para-hydroxylation sites is 1. The minimum Gasteiger partial charge on any atom is -0.367 e. The van der Waals surface area contributed by atoms with E-state index in [9.17, 15) is 0 Å². The van der Waals surface area contributed by atoms with Gasteiger partial charge in [-0.25, -0.2) is 0 Å². The minimum absolute atomic E-state index is 0. The van der Waals surface area contributed by atoms with Gasteiger partial charge >= 0.3 is 0 Å². The number of fused-ring (bicyclic) bond motifs is 11. The van der Waals surface area contributed by atoms with Crippen LogP contribution in [0.3, 0.4) is 0 Å². The van der Waals surface area contributed by atoms with Crippen molar-refractivity contribution in [3.8, 4) is 11.1 Å². The molecule has 0 saturated heterocycles. The van der Waals surface area contributed by atoms with Crippen LogP contribution in [0.2, 0.25) is 0 Å². The van der Waals surface area contributed by atoms with Crippen LogP contribution in [0.25, 0.3) is 11.1 Å². The van der Waals surface area contributed by atoms with Gasteiger partial charge in [0.05, 0.1) is 5.41 Å². The molecule has 3 aliphatic carbocycles. The molecular weight excluding hydrogens is 751 g/mol. The van der Waals surface area contributed by atoms with Gasteiger partial charge in [0.2, 0.25) is 0 Å². The molecule has 0 amide bonds. The van der Waals surface area contributed by atoms with E-state index in [-0.39, 0.29) is 43.2 Å². The number of rotatable bonds is 2. The Morgan fingerprint density at radius 1 is 0.400 bits per heavy atom. The van der Waals surface area contributed by atoms with Crippen molar-refractivity contribution >= 4 is 5.69 Å². The van der Waals surface area contributed by atoms with Crippen molar-refractivity contribution in [1.29, 1.82) is 0 Å². The fourth-order valence-corrected chi connectivity index (χ4v) is 9.25. The van der Waals surface area contributed by atoms with Crippen LogP contribution in [0.15, 0.2) is 140 Å². The smallest absolute Gasteiger partial charge is 0.0722 e. The molecule has 0 aromatic heterocycles. The maximum Gasteiger partial charge on any atom is 0.0722 e. The number of aryl methyl sites for hydroxylation is 3. The van der Waals surface area contributed by atoms with Crippen molar-refractivity contribution in [3.05, 3.63) is 195 Å². The van der Waals surface area contributed by atoms with Gasteiger partial charge in [0.15, 0.2) is 0 Å². The average molecular weight is 828 g/mol. The summed E-state index contributed by atoms with van der Waals surface area (Å²) >= 11 is 0. The second-order valence-corrected chi connectivity index (χ2v) is 13.8. The summed E-state index contributed by atoms with van der Waals surface area (Å²) in [4.78, 5) is 2.62. The van der Waals surface area contributed by atoms with Crippen LogP contribution in [0.4, 0.5) is 5.69 Å². The van der Waals surface area contributed by atoms with E-state index in [1.165, 1.54) is 99.8 Å². The zero-order valence-electron chi connectivity index (χ0n) is 39.4. The summed E-state index contributed by atoms with van der Waals surface area (Å²) in [6.07, 6.45) is 8.76. The molecule has 4 aliphatic rings. The van der Waals surface area contributed by atoms with Gasteiger partial charge in [0.25, 0.3) is 0 Å². The van der Waals surface area contributed by atoms with Crippen molar-refractivity contribution in [2.24, 2.45) is 0 Å². The summed E-state index contributed by atoms with van der Waals surface area (Å²) in [5.74, 6) is 0. The van der Waals surface area contributed by atoms with Crippen LogP contribution < -0.4 is 4.90 Å². The largest absolute Gasteiger partial charge is 0.367 e. The Kier molecular flexibility index (Phi) is 24.6. The van der Waals surface area contributed by atoms with E-state index in [0.29, 0.717) is 0 Å². The molecule has 1 aliphatic heterocycles. The number of hydrogen-bond acceptors (Lipinski definition) is 1. The van der Waals surface area contributed by atoms with Gasteiger partial charge in [-0.05, 0) is 118 Å². The molecule has 1 spiro atoms. The molecule has 322 valence electrons. The summed E-state index contributed by atoms with van der Waals surface area (Å²) in [5.41, 5.74) is 18.7. The summed E-state index contributed by atoms with van der Waals surface area (Å²) < 4.78 is 0. The van der Waals surface area contributed by atoms with Crippen molar-refractivity contribution in [3.63, 3.8) is 0 Å². The van der Waals surface area contributed by atoms with Crippen LogP contribution in [0.1, 0.15) is 158 Å². The normalized spacial score (nSPS) is 13.2. The zero-order valence-corrected chi connectivity index (χ0v) is 40.2. The molecule has 0 radical (unpaired) electrons. The third-order valence-electron chi connectivity index (χ3n) is 11.2. The Balaban J connectivity index is 0.000000455. The standard InChI is InChI=1S/C36H29N.C10H12.6C2H6.Ar/c1-5-18-31-26(12-1)23-27-13-9-14-28(24-37-22-10-15-25-11-2-8-21-34(25)37)35(27)36(31)32-19-6-3-16-29(32)30-17-4-7-20-33(30)36;1-2-6-10-8-4-3-7-9(10)5-1;6*1-2;/h1-9,11-14,16-21H,10,15,22-24H2;1-2,5-6H,3-4,7-8H2;6*1-2H3;. The van der Waals surface area contributed by atoms with E-state index in [1.807, 2.05) is 83.1 Å². The molecule has 6 aromatic rings. The van der Waals surface area contributed by atoms with E-state index in [2.05, 4.69) is 144 Å². The first-order valence-corrected chi connectivity index (χ1v) is 23.6. The maximum atomic E-state index is 2.62. The molecule has 6 aromatic carbocycles. The van der Waals surface area contributed by atoms with Crippen LogP contribution in [-0.2, 0) is 37.6 Å². The molecule has 1 nitrogen and oxygen atoms in total. The van der Waals surface area contributed by atoms with Gasteiger partial charge in [-0.3, -0.25) is 0 Å². The zero-order chi connectivity index (χ0) is 43.2. The third kappa shape index (κ3) is 11.1. The van der Waals surface area contributed by atoms with Gasteiger partial charge in [-0.15, -0.1) is 0 Å². The fourth-order valence-electron chi connectivity index (χ4n) is 9.25. The Labute approximate surface area is 398 Å². The molecule has 60 heavy (non-hydrogen) atoms. The predicted octanol–water partition coefficient (Wildman–Crippen LogP) is 16.6. The second-order valence-electron chi connectivity index (χ2n) is 13.8. The summed E-state index contributed by atoms with van der Waals surface area (Å²) in [6, 6.07) is 52.3. The van der Waals surface area contributed by atoms with Gasteiger partial charge in [0, 0.05) is 56.5 Å². The molecule has 0 saturated carbocycles. The maximum absolute atomic E-state index is 2.62. The summed E-state index contributed by atoms with van der Waals surface area (Å²) in [5, 5.41) is 0. The van der Waals surface area contributed by atoms with Gasteiger partial charge < -0.3 is 4.90 Å². The molecule has 0 fully saturated rings. The van der Waals surface area contributed by atoms with Crippen molar-refractivity contribution in [2.45, 2.75) is 140 Å². The molecule has 2 heteroatoms. The predicted molar refractivity (Wildman–Crippen MR) is 264 cm³/mol. The summed E-state index contributed by atoms with van der Waals surface area (Å²) in [7, 11) is 0. The van der Waals surface area contributed by atoms with E-state index in [4.69, 9.17) is 0 Å². The number of benzene rings is 6. The van der Waals surface area contributed by atoms with E-state index >= 15 is 0 Å². The van der Waals surface area contributed by atoms with Crippen molar-refractivity contribution in [1.82, 2.24) is 0 Å². The SMILES string of the molecule is CC.CC.CC.CC.CC.CC.[Ar].c1ccc2c(c1)CCCC2.c1ccc2c(c1)CCCN2Cc1cccc2c1C1(c3ccccc3C2)c2ccccc2-c2ccccc21. The van der Waals surface area contributed by atoms with Crippen LogP contribution in [0, 0.1) is 37.7 Å². The third-order valence-corrected chi connectivity index (χ3v) is 11.2. The Hall–Kier alpha value is -3.62. The summed E-state index contributed by atoms with van der Waals surface area (Å²) in [6.45, 7) is 26.0. The fraction of sp³-hybridized carbons (Fsp3) is 0.379. The Morgan fingerprint density at radius 2 is 0.817 bits per heavy atom. The number of hydrogen-bond donors (Lipinski definition) is 0. The molecule has 0 unspecified atom stereocenters. The van der Waals surface area contributed by atoms with Gasteiger partial charge in [0.1, 0.15) is 0 Å². The first kappa shape index (κ1) is 52.5. The van der Waals surface area contributed by atoms with Crippen molar-refractivity contribution in [2.75, 3.05) is 11.4 Å². The van der Waals surface area contributed by atoms with E-state index in [0.717, 1.165) is 19.5 Å². The van der Waals surface area contributed by atoms with Crippen LogP contribution in [-0.4, -0.2) is 6.54 Å². The quantitative estimate of drug-likeness (QED) is 0.168. The van der Waals surface area contributed by atoms with Crippen molar-refractivity contribution < 1.29 is 37.7 Å². The monoisotopic (exact) mass is 828 g/mol. The molecule has 0 bridgehead atoms. The Bertz CT molecular complexity index is 2040. The molecule has 0 atom stereocenters. The first-order valence-electron chi connectivity index (χ1n) is 23.6. The number of anilines is 1. The molecular formula is C58H77ArN. The van der Waals surface area contributed by atoms with Gasteiger partial charge in [-0.2, -0.15) is 0 Å². The van der Waals surface area contributed by atoms with E-state index in [1.54, 1.807) is 11.1 Å². The first-order chi connectivity index (χ1) is 29.3. The van der Waals surface area contributed by atoms with E-state index < -0.39 is 0 Å². The van der Waals surface area contributed by atoms with Crippen LogP contribution in [0.5, 0.6) is 0 Å². The molecule has 0 N–H and O–H groups in total. The number of nitrogens with zero attached hydrogens (tertiary/aromatic N) is 1. The minimum atomic E-state index is -0.288.